The van der Waals surface area contributed by atoms with Gasteiger partial charge in [-0.1, -0.05) is 129 Å². The number of aromatic amines is 1. The van der Waals surface area contributed by atoms with E-state index < -0.39 is 0 Å². The summed E-state index contributed by atoms with van der Waals surface area (Å²) in [7, 11) is 1.96. The molecule has 4 aromatic carbocycles. The summed E-state index contributed by atoms with van der Waals surface area (Å²) in [5.41, 5.74) is 5.49. The number of para-hydroxylation sites is 2. The summed E-state index contributed by atoms with van der Waals surface area (Å²) in [6, 6.07) is 35.3. The number of carbonyl (C=O) groups excluding carboxylic acids is 2. The van der Waals surface area contributed by atoms with Crippen molar-refractivity contribution in [3.63, 3.8) is 0 Å². The Morgan fingerprint density at radius 2 is 1.13 bits per heavy atom. The first-order chi connectivity index (χ1) is 19.0. The van der Waals surface area contributed by atoms with E-state index >= 15 is 0 Å². The standard InChI is InChI=1S/C17H14BrNO.C16H12BrNO/c1-19-11-14(13-9-5-6-10-15(13)19)17(20)16(18)12-7-3-2-4-8-12;17-15(11-6-2-1-3-7-11)16(19)13-10-18-14-9-5-4-8-12(13)14/h2-11,16H,1H3;1-10,15,18H. The van der Waals surface area contributed by atoms with Gasteiger partial charge in [-0.05, 0) is 23.3 Å². The molecule has 6 rings (SSSR count). The third-order valence-corrected chi connectivity index (χ3v) is 8.55. The first-order valence-electron chi connectivity index (χ1n) is 12.5. The van der Waals surface area contributed by atoms with Crippen LogP contribution in [0.15, 0.2) is 122 Å². The third-order valence-electron chi connectivity index (χ3n) is 6.66. The zero-order valence-corrected chi connectivity index (χ0v) is 24.4. The number of rotatable bonds is 6. The molecule has 0 saturated heterocycles. The molecule has 0 radical (unpaired) electrons. The maximum Gasteiger partial charge on any atom is 0.183 e. The summed E-state index contributed by atoms with van der Waals surface area (Å²) in [5, 5.41) is 1.97. The molecule has 2 heterocycles. The average Bonchev–Trinajstić information content (AvgIpc) is 3.58. The maximum atomic E-state index is 12.7. The Bertz CT molecular complexity index is 1740. The fourth-order valence-corrected chi connectivity index (χ4v) is 5.74. The highest BCUT2D eigenvalue weighted by molar-refractivity contribution is 9.09. The van der Waals surface area contributed by atoms with Crippen molar-refractivity contribution in [2.24, 2.45) is 7.05 Å². The van der Waals surface area contributed by atoms with E-state index in [1.807, 2.05) is 127 Å². The van der Waals surface area contributed by atoms with Crippen molar-refractivity contribution in [3.8, 4) is 0 Å². The number of carbonyl (C=O) groups is 2. The summed E-state index contributed by atoms with van der Waals surface area (Å²) in [4.78, 5) is 27.8. The Morgan fingerprint density at radius 1 is 0.641 bits per heavy atom. The number of halogens is 2. The minimum Gasteiger partial charge on any atom is -0.360 e. The Labute approximate surface area is 243 Å². The summed E-state index contributed by atoms with van der Waals surface area (Å²) in [6.45, 7) is 0. The molecule has 194 valence electrons. The van der Waals surface area contributed by atoms with Crippen molar-refractivity contribution < 1.29 is 9.59 Å². The van der Waals surface area contributed by atoms with Crippen molar-refractivity contribution in [3.05, 3.63) is 144 Å². The lowest BCUT2D eigenvalue weighted by molar-refractivity contribution is 0.0985. The van der Waals surface area contributed by atoms with Crippen molar-refractivity contribution in [1.29, 1.82) is 0 Å². The molecule has 1 N–H and O–H groups in total. The van der Waals surface area contributed by atoms with Gasteiger partial charge in [0.25, 0.3) is 0 Å². The van der Waals surface area contributed by atoms with Crippen LogP contribution in [0.25, 0.3) is 21.8 Å². The lowest BCUT2D eigenvalue weighted by Crippen LogP contribution is -2.06. The molecule has 0 aliphatic rings. The summed E-state index contributed by atoms with van der Waals surface area (Å²) in [5.74, 6) is 0.164. The second-order valence-corrected chi connectivity index (χ2v) is 11.0. The molecule has 2 atom stereocenters. The second kappa shape index (κ2) is 12.0. The minimum atomic E-state index is -0.312. The van der Waals surface area contributed by atoms with Gasteiger partial charge in [0, 0.05) is 52.4 Å². The maximum absolute atomic E-state index is 12.7. The monoisotopic (exact) mass is 640 g/mol. The number of H-pyrrole nitrogens is 1. The molecule has 0 amide bonds. The van der Waals surface area contributed by atoms with Gasteiger partial charge in [0.15, 0.2) is 11.6 Å². The molecule has 2 aromatic heterocycles. The van der Waals surface area contributed by atoms with Gasteiger partial charge in [-0.2, -0.15) is 0 Å². The SMILES string of the molecule is Cn1cc(C(=O)C(Br)c2ccccc2)c2ccccc21.O=C(c1c[nH]c2ccccc12)C(Br)c1ccccc1. The Kier molecular flexibility index (Phi) is 8.24. The fraction of sp³-hybridized carbons (Fsp3) is 0.0909. The Balaban J connectivity index is 0.000000158. The van der Waals surface area contributed by atoms with Gasteiger partial charge < -0.3 is 9.55 Å². The van der Waals surface area contributed by atoms with E-state index in [1.165, 1.54) is 0 Å². The van der Waals surface area contributed by atoms with Crippen LogP contribution in [-0.2, 0) is 7.05 Å². The van der Waals surface area contributed by atoms with Crippen LogP contribution in [0, 0.1) is 0 Å². The van der Waals surface area contributed by atoms with Crippen LogP contribution in [0.1, 0.15) is 41.5 Å². The first kappa shape index (κ1) is 26.9. The number of hydrogen-bond acceptors (Lipinski definition) is 2. The molecule has 0 spiro atoms. The minimum absolute atomic E-state index is 0.0728. The Morgan fingerprint density at radius 3 is 1.74 bits per heavy atom. The molecule has 6 aromatic rings. The number of Topliss-reactive ketones (excluding diaryl/α,β-unsaturated/α-hetero) is 2. The molecular weight excluding hydrogens is 616 g/mol. The highest BCUT2D eigenvalue weighted by Crippen LogP contribution is 2.31. The number of benzene rings is 4. The number of alkyl halides is 2. The number of aromatic nitrogens is 2. The van der Waals surface area contributed by atoms with E-state index in [0.717, 1.165) is 44.1 Å². The van der Waals surface area contributed by atoms with Crippen LogP contribution in [0.3, 0.4) is 0 Å². The van der Waals surface area contributed by atoms with Crippen molar-refractivity contribution in [2.75, 3.05) is 0 Å². The Hall–Kier alpha value is -3.74. The van der Waals surface area contributed by atoms with Crippen molar-refractivity contribution in [1.82, 2.24) is 9.55 Å². The number of hydrogen-bond donors (Lipinski definition) is 1. The average molecular weight is 642 g/mol. The predicted molar refractivity (Wildman–Crippen MR) is 166 cm³/mol. The van der Waals surface area contributed by atoms with Crippen LogP contribution in [0.5, 0.6) is 0 Å². The highest BCUT2D eigenvalue weighted by atomic mass is 79.9. The molecular formula is C33H26Br2N2O2. The van der Waals surface area contributed by atoms with E-state index in [1.54, 1.807) is 6.20 Å². The van der Waals surface area contributed by atoms with E-state index in [2.05, 4.69) is 36.8 Å². The molecule has 2 unspecified atom stereocenters. The van der Waals surface area contributed by atoms with Crippen LogP contribution in [0.4, 0.5) is 0 Å². The quantitative estimate of drug-likeness (QED) is 0.146. The van der Waals surface area contributed by atoms with Gasteiger partial charge in [-0.15, -0.1) is 0 Å². The molecule has 0 fully saturated rings. The summed E-state index contributed by atoms with van der Waals surface area (Å²) < 4.78 is 1.99. The van der Waals surface area contributed by atoms with Gasteiger partial charge in [0.05, 0.1) is 0 Å². The molecule has 0 saturated carbocycles. The van der Waals surface area contributed by atoms with Crippen LogP contribution >= 0.6 is 31.9 Å². The summed E-state index contributed by atoms with van der Waals surface area (Å²) in [6.07, 6.45) is 3.69. The topological polar surface area (TPSA) is 54.9 Å². The van der Waals surface area contributed by atoms with Crippen molar-refractivity contribution in [2.45, 2.75) is 9.65 Å². The second-order valence-electron chi connectivity index (χ2n) is 9.19. The number of ketones is 2. The van der Waals surface area contributed by atoms with Gasteiger partial charge in [0.2, 0.25) is 0 Å². The molecule has 0 aliphatic heterocycles. The van der Waals surface area contributed by atoms with Gasteiger partial charge >= 0.3 is 0 Å². The first-order valence-corrected chi connectivity index (χ1v) is 14.4. The van der Waals surface area contributed by atoms with Crippen LogP contribution in [-0.4, -0.2) is 21.1 Å². The van der Waals surface area contributed by atoms with Gasteiger partial charge in [-0.3, -0.25) is 9.59 Å². The summed E-state index contributed by atoms with van der Waals surface area (Å²) >= 11 is 7.02. The smallest absolute Gasteiger partial charge is 0.183 e. The molecule has 0 bridgehead atoms. The van der Waals surface area contributed by atoms with Crippen LogP contribution in [0.2, 0.25) is 0 Å². The third kappa shape index (κ3) is 5.68. The number of fused-ring (bicyclic) bond motifs is 2. The normalized spacial score (nSPS) is 12.5. The number of aryl methyl sites for hydroxylation is 1. The predicted octanol–water partition coefficient (Wildman–Crippen LogP) is 8.98. The molecule has 6 heteroatoms. The molecule has 39 heavy (non-hydrogen) atoms. The zero-order chi connectivity index (χ0) is 27.4. The largest absolute Gasteiger partial charge is 0.360 e. The van der Waals surface area contributed by atoms with E-state index in [9.17, 15) is 9.59 Å². The molecule has 0 aliphatic carbocycles. The molecule has 4 nitrogen and oxygen atoms in total. The van der Waals surface area contributed by atoms with E-state index in [0.29, 0.717) is 0 Å². The van der Waals surface area contributed by atoms with Gasteiger partial charge in [-0.25, -0.2) is 0 Å². The van der Waals surface area contributed by atoms with Crippen LogP contribution < -0.4 is 0 Å². The van der Waals surface area contributed by atoms with Gasteiger partial charge in [0.1, 0.15) is 9.65 Å². The highest BCUT2D eigenvalue weighted by Gasteiger charge is 2.23. The zero-order valence-electron chi connectivity index (χ0n) is 21.2. The number of nitrogens with zero attached hydrogens (tertiary/aromatic N) is 1. The lowest BCUT2D eigenvalue weighted by atomic mass is 10.0. The number of nitrogens with one attached hydrogen (secondary N) is 1. The van der Waals surface area contributed by atoms with Crippen molar-refractivity contribution >= 4 is 65.2 Å². The lowest BCUT2D eigenvalue weighted by Gasteiger charge is -2.08. The fourth-order valence-electron chi connectivity index (χ4n) is 4.63. The van der Waals surface area contributed by atoms with E-state index in [4.69, 9.17) is 0 Å². The van der Waals surface area contributed by atoms with E-state index in [-0.39, 0.29) is 21.2 Å².